The molecule has 2 atom stereocenters. The quantitative estimate of drug-likeness (QED) is 0.736. The summed E-state index contributed by atoms with van der Waals surface area (Å²) in [5.41, 5.74) is 0.551. The van der Waals surface area contributed by atoms with Crippen LogP contribution >= 0.6 is 23.4 Å². The molecule has 1 N–H and O–H groups in total. The van der Waals surface area contributed by atoms with Crippen LogP contribution in [0.4, 0.5) is 0 Å². The van der Waals surface area contributed by atoms with Crippen LogP contribution in [0.25, 0.3) is 0 Å². The molecule has 2 unspecified atom stereocenters. The molecule has 0 saturated carbocycles. The Morgan fingerprint density at radius 2 is 2.50 bits per heavy atom. The summed E-state index contributed by atoms with van der Waals surface area (Å²) < 4.78 is 5.67. The molecule has 2 rings (SSSR count). The van der Waals surface area contributed by atoms with Crippen molar-refractivity contribution in [1.29, 1.82) is 0 Å². The zero-order valence-corrected chi connectivity index (χ0v) is 9.19. The number of thioether (sulfide) groups is 1. The number of fused-ring (bicyclic) bond motifs is 1. The van der Waals surface area contributed by atoms with Crippen LogP contribution in [-0.4, -0.2) is 18.0 Å². The minimum atomic E-state index is -0.285. The van der Waals surface area contributed by atoms with E-state index in [1.807, 2.05) is 12.2 Å². The van der Waals surface area contributed by atoms with E-state index in [4.69, 9.17) is 16.3 Å². The minimum Gasteiger partial charge on any atom is -0.461 e. The Morgan fingerprint density at radius 3 is 3.14 bits per heavy atom. The van der Waals surface area contributed by atoms with Gasteiger partial charge < -0.3 is 10.1 Å². The van der Waals surface area contributed by atoms with E-state index in [-0.39, 0.29) is 17.3 Å². The van der Waals surface area contributed by atoms with Gasteiger partial charge in [-0.1, -0.05) is 23.4 Å². The molecule has 3 nitrogen and oxygen atoms in total. The summed E-state index contributed by atoms with van der Waals surface area (Å²) in [6, 6.07) is 0. The van der Waals surface area contributed by atoms with Crippen LogP contribution in [0.2, 0.25) is 0 Å². The van der Waals surface area contributed by atoms with Crippen molar-refractivity contribution < 1.29 is 9.53 Å². The molecule has 5 heteroatoms. The molecule has 0 aromatic heterocycles. The lowest BCUT2D eigenvalue weighted by atomic mass is 10.1. The second-order valence-corrected chi connectivity index (χ2v) is 4.85. The van der Waals surface area contributed by atoms with Crippen molar-refractivity contribution in [2.24, 2.45) is 5.92 Å². The van der Waals surface area contributed by atoms with E-state index in [0.717, 1.165) is 4.36 Å². The van der Waals surface area contributed by atoms with Gasteiger partial charge >= 0.3 is 5.97 Å². The second kappa shape index (κ2) is 3.87. The Kier molecular flexibility index (Phi) is 2.74. The van der Waals surface area contributed by atoms with Gasteiger partial charge in [0.1, 0.15) is 5.70 Å². The Hall–Kier alpha value is -0.610. The first-order valence-electron chi connectivity index (χ1n) is 4.40. The lowest BCUT2D eigenvalue weighted by Gasteiger charge is -2.10. The SMILES string of the molecule is CCOC(=O)C1=CC2C=C(Cl)SC2N1. The Balaban J connectivity index is 2.05. The number of carbonyl (C=O) groups excluding carboxylic acids is 1. The van der Waals surface area contributed by atoms with Gasteiger partial charge in [0.2, 0.25) is 0 Å². The van der Waals surface area contributed by atoms with Gasteiger partial charge in [0, 0.05) is 5.92 Å². The normalized spacial score (nSPS) is 29.0. The average Bonchev–Trinajstić information content (AvgIpc) is 2.61. The maximum Gasteiger partial charge on any atom is 0.354 e. The Labute approximate surface area is 91.5 Å². The first kappa shape index (κ1) is 9.93. The van der Waals surface area contributed by atoms with E-state index in [1.165, 1.54) is 11.8 Å². The van der Waals surface area contributed by atoms with E-state index in [1.54, 1.807) is 6.92 Å². The molecule has 2 aliphatic rings. The standard InChI is InChI=1S/C9H10ClNO2S/c1-2-13-9(12)6-3-5-4-7(10)14-8(5)11-6/h3-5,8,11H,2H2,1H3. The van der Waals surface area contributed by atoms with Gasteiger partial charge in [0.15, 0.2) is 0 Å². The number of rotatable bonds is 2. The van der Waals surface area contributed by atoms with Crippen molar-refractivity contribution in [3.63, 3.8) is 0 Å². The van der Waals surface area contributed by atoms with E-state index in [2.05, 4.69) is 5.32 Å². The predicted molar refractivity (Wildman–Crippen MR) is 56.7 cm³/mol. The van der Waals surface area contributed by atoms with Crippen molar-refractivity contribution >= 4 is 29.3 Å². The Bertz CT molecular complexity index is 327. The van der Waals surface area contributed by atoms with Crippen LogP contribution in [0.15, 0.2) is 22.2 Å². The maximum atomic E-state index is 11.3. The lowest BCUT2D eigenvalue weighted by Crippen LogP contribution is -2.25. The van der Waals surface area contributed by atoms with Crippen LogP contribution < -0.4 is 5.32 Å². The van der Waals surface area contributed by atoms with E-state index >= 15 is 0 Å². The number of ether oxygens (including phenoxy) is 1. The highest BCUT2D eigenvalue weighted by Crippen LogP contribution is 2.41. The first-order valence-corrected chi connectivity index (χ1v) is 5.66. The summed E-state index contributed by atoms with van der Waals surface area (Å²) in [5.74, 6) is -0.0704. The average molecular weight is 232 g/mol. The summed E-state index contributed by atoms with van der Waals surface area (Å²) in [6.07, 6.45) is 3.81. The zero-order valence-electron chi connectivity index (χ0n) is 7.62. The number of hydrogen-bond donors (Lipinski definition) is 1. The topological polar surface area (TPSA) is 38.3 Å². The van der Waals surface area contributed by atoms with Crippen molar-refractivity contribution in [1.82, 2.24) is 5.32 Å². The smallest absolute Gasteiger partial charge is 0.354 e. The zero-order chi connectivity index (χ0) is 10.1. The van der Waals surface area contributed by atoms with Gasteiger partial charge in [-0.05, 0) is 19.1 Å². The number of carbonyl (C=O) groups is 1. The van der Waals surface area contributed by atoms with Crippen molar-refractivity contribution in [3.8, 4) is 0 Å². The first-order chi connectivity index (χ1) is 6.70. The maximum absolute atomic E-state index is 11.3. The van der Waals surface area contributed by atoms with Crippen LogP contribution in [0, 0.1) is 5.92 Å². The fourth-order valence-electron chi connectivity index (χ4n) is 1.47. The highest BCUT2D eigenvalue weighted by atomic mass is 35.5. The van der Waals surface area contributed by atoms with Gasteiger partial charge in [-0.3, -0.25) is 0 Å². The molecule has 2 aliphatic heterocycles. The van der Waals surface area contributed by atoms with Crippen LogP contribution in [0.1, 0.15) is 6.92 Å². The van der Waals surface area contributed by atoms with E-state index in [0.29, 0.717) is 12.3 Å². The van der Waals surface area contributed by atoms with Gasteiger partial charge in [0.25, 0.3) is 0 Å². The molecule has 0 bridgehead atoms. The molecule has 0 amide bonds. The molecule has 0 fully saturated rings. The summed E-state index contributed by atoms with van der Waals surface area (Å²) in [4.78, 5) is 11.3. The van der Waals surface area contributed by atoms with Gasteiger partial charge in [-0.25, -0.2) is 4.79 Å². The molecule has 0 aliphatic carbocycles. The molecule has 0 radical (unpaired) electrons. The largest absolute Gasteiger partial charge is 0.461 e. The van der Waals surface area contributed by atoms with Crippen molar-refractivity contribution in [2.45, 2.75) is 12.3 Å². The van der Waals surface area contributed by atoms with Crippen LogP contribution in [0.5, 0.6) is 0 Å². The van der Waals surface area contributed by atoms with Gasteiger partial charge in [-0.15, -0.1) is 0 Å². The summed E-state index contributed by atoms with van der Waals surface area (Å²) >= 11 is 7.37. The molecule has 0 aromatic carbocycles. The molecular formula is C9H10ClNO2S. The van der Waals surface area contributed by atoms with Crippen molar-refractivity contribution in [2.75, 3.05) is 6.61 Å². The summed E-state index contributed by atoms with van der Waals surface area (Å²) in [7, 11) is 0. The number of nitrogens with one attached hydrogen (secondary N) is 1. The molecule has 14 heavy (non-hydrogen) atoms. The van der Waals surface area contributed by atoms with E-state index < -0.39 is 0 Å². The number of esters is 1. The minimum absolute atomic E-state index is 0.168. The highest BCUT2D eigenvalue weighted by molar-refractivity contribution is 8.05. The summed E-state index contributed by atoms with van der Waals surface area (Å²) in [6.45, 7) is 2.19. The third-order valence-corrected chi connectivity index (χ3v) is 3.51. The number of halogens is 1. The lowest BCUT2D eigenvalue weighted by molar-refractivity contribution is -0.138. The fourth-order valence-corrected chi connectivity index (χ4v) is 2.88. The van der Waals surface area contributed by atoms with Gasteiger partial charge in [-0.2, -0.15) is 0 Å². The van der Waals surface area contributed by atoms with E-state index in [9.17, 15) is 4.79 Å². The number of hydrogen-bond acceptors (Lipinski definition) is 4. The molecular weight excluding hydrogens is 222 g/mol. The van der Waals surface area contributed by atoms with Crippen LogP contribution in [0.3, 0.4) is 0 Å². The third-order valence-electron chi connectivity index (χ3n) is 2.06. The molecule has 0 saturated heterocycles. The van der Waals surface area contributed by atoms with Gasteiger partial charge in [0.05, 0.1) is 16.3 Å². The van der Waals surface area contributed by atoms with Crippen LogP contribution in [-0.2, 0) is 9.53 Å². The fraction of sp³-hybridized carbons (Fsp3) is 0.444. The molecule has 0 spiro atoms. The molecule has 0 aromatic rings. The molecule has 76 valence electrons. The Morgan fingerprint density at radius 1 is 1.71 bits per heavy atom. The monoisotopic (exact) mass is 231 g/mol. The molecule has 2 heterocycles. The third kappa shape index (κ3) is 1.77. The van der Waals surface area contributed by atoms with Crippen molar-refractivity contribution in [3.05, 3.63) is 22.2 Å². The summed E-state index contributed by atoms with van der Waals surface area (Å²) in [5, 5.41) is 3.25. The predicted octanol–water partition coefficient (Wildman–Crippen LogP) is 1.81. The second-order valence-electron chi connectivity index (χ2n) is 3.03. The highest BCUT2D eigenvalue weighted by Gasteiger charge is 2.34.